The number of nitrogens with zero attached hydrogens (tertiary/aromatic N) is 2. The number of fused-ring (bicyclic) bond motifs is 1. The minimum atomic E-state index is -3.81. The predicted molar refractivity (Wildman–Crippen MR) is 153 cm³/mol. The molecule has 4 N–H and O–H groups in total. The molecule has 0 saturated carbocycles. The smallest absolute Gasteiger partial charge is 0.351 e. The maximum Gasteiger partial charge on any atom is 0.351 e. The Bertz CT molecular complexity index is 1460. The molecule has 1 heterocycles. The molecule has 41 heavy (non-hydrogen) atoms. The van der Waals surface area contributed by atoms with Gasteiger partial charge in [-0.2, -0.15) is 4.98 Å². The van der Waals surface area contributed by atoms with Crippen molar-refractivity contribution in [3.8, 4) is 5.75 Å². The van der Waals surface area contributed by atoms with Gasteiger partial charge in [0, 0.05) is 11.6 Å². The lowest BCUT2D eigenvalue weighted by molar-refractivity contribution is -0.260. The summed E-state index contributed by atoms with van der Waals surface area (Å²) in [4.78, 5) is 28.2. The summed E-state index contributed by atoms with van der Waals surface area (Å²) in [5, 5.41) is 14.6. The first-order valence-electron chi connectivity index (χ1n) is 12.6. The topological polar surface area (TPSA) is 147 Å². The first-order chi connectivity index (χ1) is 19.3. The van der Waals surface area contributed by atoms with Gasteiger partial charge in [-0.15, -0.1) is 0 Å². The molecule has 11 nitrogen and oxygen atoms in total. The summed E-state index contributed by atoms with van der Waals surface area (Å²) in [6, 6.07) is 12.6. The van der Waals surface area contributed by atoms with Gasteiger partial charge in [-0.25, -0.2) is 18.7 Å². The van der Waals surface area contributed by atoms with Crippen LogP contribution in [0, 0.1) is 0 Å². The number of carbonyl (C=O) groups excluding carboxylic acids is 1. The Morgan fingerprint density at radius 2 is 1.88 bits per heavy atom. The number of aliphatic hydroxyl groups is 1. The van der Waals surface area contributed by atoms with E-state index in [1.165, 1.54) is 13.0 Å². The number of anilines is 1. The minimum Gasteiger partial charge on any atom is -0.462 e. The van der Waals surface area contributed by atoms with E-state index in [9.17, 15) is 19.1 Å². The van der Waals surface area contributed by atoms with Crippen LogP contribution in [0.2, 0.25) is 0 Å². The van der Waals surface area contributed by atoms with Gasteiger partial charge < -0.3 is 29.4 Å². The monoisotopic (exact) mass is 614 g/mol. The van der Waals surface area contributed by atoms with E-state index < -0.39 is 61.9 Å². The highest BCUT2D eigenvalue weighted by Crippen LogP contribution is 2.48. The van der Waals surface area contributed by atoms with Crippen molar-refractivity contribution in [1.82, 2.24) is 14.6 Å². The number of hydrogen-bond donors (Lipinski definition) is 3. The number of aromatic nitrogens is 2. The molecule has 3 aromatic rings. The second kappa shape index (κ2) is 13.8. The Labute approximate surface area is 240 Å². The van der Waals surface area contributed by atoms with Gasteiger partial charge in [-0.05, 0) is 57.0 Å². The van der Waals surface area contributed by atoms with Crippen molar-refractivity contribution in [3.05, 3.63) is 65.2 Å². The molecule has 0 bridgehead atoms. The molecule has 2 aromatic carbocycles. The van der Waals surface area contributed by atoms with Gasteiger partial charge >= 0.3 is 18.3 Å². The molecule has 1 aromatic heterocycles. The average Bonchev–Trinajstić information content (AvgIpc) is 2.90. The standard InChI is InChI=1S/C26H33F2N4O7PS/c1-16(2)37-24(34)17(3)31-40(41,39-21-11-7-9-19-8-5-6-10-20(19)21)36-15-26(28,18(4)33)38-23(14-27)32-13-12-22(29)30-25(32)35/h5-13,16-18,23,33H,14-15H2,1-4H3,(H,31,41)(H2,29,30,35)/t17-,18-,23+,26+,40?/m0/s1. The molecule has 0 amide bonds. The maximum absolute atomic E-state index is 16.1. The number of halogens is 2. The van der Waals surface area contributed by atoms with Gasteiger partial charge in [0.1, 0.15) is 37.0 Å². The van der Waals surface area contributed by atoms with Crippen molar-refractivity contribution in [1.29, 1.82) is 0 Å². The number of aliphatic hydroxyl groups excluding tert-OH is 1. The summed E-state index contributed by atoms with van der Waals surface area (Å²) >= 11 is 5.67. The van der Waals surface area contributed by atoms with E-state index >= 15 is 4.39 Å². The first-order valence-corrected chi connectivity index (χ1v) is 15.3. The second-order valence-electron chi connectivity index (χ2n) is 9.41. The molecule has 224 valence electrons. The highest BCUT2D eigenvalue weighted by atomic mass is 32.5. The molecule has 0 aliphatic carbocycles. The Morgan fingerprint density at radius 1 is 1.20 bits per heavy atom. The number of benzene rings is 2. The molecule has 0 fully saturated rings. The summed E-state index contributed by atoms with van der Waals surface area (Å²) in [5.41, 5.74) is 4.48. The van der Waals surface area contributed by atoms with Gasteiger partial charge in [-0.1, -0.05) is 36.4 Å². The third-order valence-electron chi connectivity index (χ3n) is 5.71. The number of nitrogens with two attached hydrogens (primary N) is 1. The second-order valence-corrected chi connectivity index (χ2v) is 12.5. The first kappa shape index (κ1) is 32.5. The number of carbonyl (C=O) groups is 1. The van der Waals surface area contributed by atoms with E-state index in [1.807, 2.05) is 18.2 Å². The third-order valence-corrected chi connectivity index (χ3v) is 8.17. The number of nitrogen functional groups attached to an aromatic ring is 1. The number of nitrogens with one attached hydrogen (secondary N) is 1. The maximum atomic E-state index is 16.1. The largest absolute Gasteiger partial charge is 0.462 e. The summed E-state index contributed by atoms with van der Waals surface area (Å²) in [7, 11) is 0. The predicted octanol–water partition coefficient (Wildman–Crippen LogP) is 3.76. The van der Waals surface area contributed by atoms with Gasteiger partial charge in [-0.3, -0.25) is 9.36 Å². The molecular weight excluding hydrogens is 581 g/mol. The van der Waals surface area contributed by atoms with Crippen LogP contribution in [0.25, 0.3) is 10.8 Å². The van der Waals surface area contributed by atoms with E-state index in [2.05, 4.69) is 10.1 Å². The van der Waals surface area contributed by atoms with E-state index in [-0.39, 0.29) is 11.6 Å². The van der Waals surface area contributed by atoms with Gasteiger partial charge in [0.15, 0.2) is 6.23 Å². The van der Waals surface area contributed by atoms with Crippen LogP contribution in [0.15, 0.2) is 59.5 Å². The van der Waals surface area contributed by atoms with Crippen LogP contribution in [0.5, 0.6) is 5.75 Å². The Kier molecular flexibility index (Phi) is 10.9. The fourth-order valence-electron chi connectivity index (χ4n) is 3.58. The van der Waals surface area contributed by atoms with Crippen LogP contribution in [-0.4, -0.2) is 58.0 Å². The quantitative estimate of drug-likeness (QED) is 0.180. The Hall–Kier alpha value is -3.00. The summed E-state index contributed by atoms with van der Waals surface area (Å²) in [6.07, 6.45) is -3.06. The number of esters is 1. The van der Waals surface area contributed by atoms with E-state index in [1.54, 1.807) is 38.1 Å². The fraction of sp³-hybridized carbons (Fsp3) is 0.423. The molecule has 5 atom stereocenters. The van der Waals surface area contributed by atoms with E-state index in [4.69, 9.17) is 36.1 Å². The number of alkyl halides is 2. The van der Waals surface area contributed by atoms with Crippen molar-refractivity contribution in [3.63, 3.8) is 0 Å². The molecule has 0 aliphatic rings. The summed E-state index contributed by atoms with van der Waals surface area (Å²) < 4.78 is 53.1. The van der Waals surface area contributed by atoms with Crippen LogP contribution in [0.4, 0.5) is 14.6 Å². The SMILES string of the molecule is CC(C)OC(=O)[C@H](C)NP(=S)(OC[C@@](F)(O[C@H](CF)n1ccc(N)nc1=O)[C@H](C)O)Oc1cccc2ccccc12. The zero-order valence-electron chi connectivity index (χ0n) is 22.9. The number of ether oxygens (including phenoxy) is 2. The molecule has 0 aliphatic heterocycles. The normalized spacial score (nSPS) is 16.9. The number of hydrogen-bond acceptors (Lipinski definition) is 10. The van der Waals surface area contributed by atoms with E-state index in [0.29, 0.717) is 9.95 Å². The summed E-state index contributed by atoms with van der Waals surface area (Å²) in [5.74, 6) is -3.60. The molecule has 3 rings (SSSR count). The van der Waals surface area contributed by atoms with Gasteiger partial charge in [0.05, 0.1) is 6.10 Å². The van der Waals surface area contributed by atoms with Crippen molar-refractivity contribution in [2.24, 2.45) is 0 Å². The lowest BCUT2D eigenvalue weighted by atomic mass is 10.1. The van der Waals surface area contributed by atoms with Crippen molar-refractivity contribution in [2.75, 3.05) is 19.0 Å². The van der Waals surface area contributed by atoms with Gasteiger partial charge in [0.2, 0.25) is 0 Å². The molecule has 0 saturated heterocycles. The molecule has 1 unspecified atom stereocenters. The zero-order valence-corrected chi connectivity index (χ0v) is 24.6. The summed E-state index contributed by atoms with van der Waals surface area (Å²) in [6.45, 7) is -0.386. The Morgan fingerprint density at radius 3 is 2.51 bits per heavy atom. The average molecular weight is 615 g/mol. The van der Waals surface area contributed by atoms with Crippen LogP contribution in [-0.2, 0) is 30.6 Å². The zero-order chi connectivity index (χ0) is 30.4. The molecule has 0 radical (unpaired) electrons. The molecular formula is C26H33F2N4O7PS. The van der Waals surface area contributed by atoms with Gasteiger partial charge in [0.25, 0.3) is 5.85 Å². The van der Waals surface area contributed by atoms with E-state index in [0.717, 1.165) is 18.5 Å². The highest BCUT2D eigenvalue weighted by molar-refractivity contribution is 8.09. The molecule has 0 spiro atoms. The van der Waals surface area contributed by atoms with Crippen molar-refractivity contribution < 1.29 is 37.2 Å². The van der Waals surface area contributed by atoms with Crippen LogP contribution in [0.3, 0.4) is 0 Å². The van der Waals surface area contributed by atoms with Crippen LogP contribution >= 0.6 is 6.64 Å². The minimum absolute atomic E-state index is 0.128. The van der Waals surface area contributed by atoms with Crippen molar-refractivity contribution in [2.45, 2.75) is 58.0 Å². The number of rotatable bonds is 14. The van der Waals surface area contributed by atoms with Crippen LogP contribution < -0.4 is 21.0 Å². The highest BCUT2D eigenvalue weighted by Gasteiger charge is 2.43. The molecule has 15 heteroatoms. The van der Waals surface area contributed by atoms with Crippen molar-refractivity contribution >= 4 is 41.0 Å². The van der Waals surface area contributed by atoms with Crippen LogP contribution in [0.1, 0.15) is 33.9 Å². The Balaban J connectivity index is 1.93. The fourth-order valence-corrected chi connectivity index (χ4v) is 5.98. The lowest BCUT2D eigenvalue weighted by Crippen LogP contribution is -2.47. The third kappa shape index (κ3) is 8.51. The lowest BCUT2D eigenvalue weighted by Gasteiger charge is -2.34.